The minimum atomic E-state index is -0.106. The molecular formula is C9H15N3O. The Kier molecular flexibility index (Phi) is 3.71. The molecule has 13 heavy (non-hydrogen) atoms. The first-order chi connectivity index (χ1) is 6.24. The fourth-order valence-corrected chi connectivity index (χ4v) is 1.33. The van der Waals surface area contributed by atoms with E-state index in [2.05, 4.69) is 16.7 Å². The van der Waals surface area contributed by atoms with Crippen molar-refractivity contribution in [1.82, 2.24) is 10.6 Å². The lowest BCUT2D eigenvalue weighted by Crippen LogP contribution is -2.41. The Labute approximate surface area is 78.3 Å². The van der Waals surface area contributed by atoms with Crippen molar-refractivity contribution in [2.45, 2.75) is 25.8 Å². The molecule has 1 aliphatic rings. The number of nitrogens with one attached hydrogen (secondary N) is 2. The lowest BCUT2D eigenvalue weighted by atomic mass is 10.2. The Morgan fingerprint density at radius 2 is 2.62 bits per heavy atom. The van der Waals surface area contributed by atoms with E-state index in [1.807, 2.05) is 0 Å². The molecule has 1 amide bonds. The molecule has 1 rings (SSSR count). The molecule has 0 aromatic heterocycles. The number of nitrogens with zero attached hydrogens (tertiary/aromatic N) is 1. The maximum absolute atomic E-state index is 11.4. The van der Waals surface area contributed by atoms with E-state index in [4.69, 9.17) is 5.26 Å². The highest BCUT2D eigenvalue weighted by molar-refractivity contribution is 5.81. The molecule has 0 aromatic carbocycles. The van der Waals surface area contributed by atoms with Crippen LogP contribution in [0.15, 0.2) is 0 Å². The minimum Gasteiger partial charge on any atom is -0.353 e. The van der Waals surface area contributed by atoms with Crippen LogP contribution in [0.2, 0.25) is 0 Å². The zero-order valence-electron chi connectivity index (χ0n) is 7.84. The summed E-state index contributed by atoms with van der Waals surface area (Å²) in [5, 5.41) is 14.4. The zero-order valence-corrected chi connectivity index (χ0v) is 7.84. The summed E-state index contributed by atoms with van der Waals surface area (Å²) < 4.78 is 0. The van der Waals surface area contributed by atoms with Crippen molar-refractivity contribution in [3.63, 3.8) is 0 Å². The highest BCUT2D eigenvalue weighted by Gasteiger charge is 2.21. The average Bonchev–Trinajstić information content (AvgIpc) is 2.66. The molecule has 2 N–H and O–H groups in total. The van der Waals surface area contributed by atoms with Gasteiger partial charge in [0.05, 0.1) is 18.0 Å². The molecule has 1 saturated heterocycles. The molecule has 0 spiro atoms. The number of hydrogen-bond donors (Lipinski definition) is 2. The van der Waals surface area contributed by atoms with Gasteiger partial charge in [0, 0.05) is 6.54 Å². The van der Waals surface area contributed by atoms with Crippen LogP contribution in [0, 0.1) is 17.2 Å². The molecule has 1 unspecified atom stereocenters. The van der Waals surface area contributed by atoms with E-state index in [0.29, 0.717) is 6.54 Å². The molecule has 0 radical (unpaired) electrons. The number of rotatable bonds is 3. The minimum absolute atomic E-state index is 0.0274. The van der Waals surface area contributed by atoms with Gasteiger partial charge in [-0.3, -0.25) is 4.79 Å². The second-order valence-corrected chi connectivity index (χ2v) is 3.42. The normalized spacial score (nSPS) is 23.5. The smallest absolute Gasteiger partial charge is 0.237 e. The van der Waals surface area contributed by atoms with E-state index in [0.717, 1.165) is 19.4 Å². The molecule has 4 nitrogen and oxygen atoms in total. The molecule has 4 heteroatoms. The summed E-state index contributed by atoms with van der Waals surface area (Å²) in [5.74, 6) is -0.0787. The number of amides is 1. The van der Waals surface area contributed by atoms with Crippen LogP contribution in [-0.2, 0) is 4.79 Å². The highest BCUT2D eigenvalue weighted by atomic mass is 16.2. The van der Waals surface area contributed by atoms with Crippen LogP contribution in [0.1, 0.15) is 19.8 Å². The molecule has 2 atom stereocenters. The van der Waals surface area contributed by atoms with Crippen LogP contribution >= 0.6 is 0 Å². The Morgan fingerprint density at radius 3 is 3.15 bits per heavy atom. The third kappa shape index (κ3) is 3.03. The van der Waals surface area contributed by atoms with Gasteiger partial charge in [0.15, 0.2) is 0 Å². The highest BCUT2D eigenvalue weighted by Crippen LogP contribution is 2.04. The van der Waals surface area contributed by atoms with Gasteiger partial charge in [-0.2, -0.15) is 5.26 Å². The van der Waals surface area contributed by atoms with Crippen LogP contribution < -0.4 is 10.6 Å². The first-order valence-electron chi connectivity index (χ1n) is 4.64. The molecule has 72 valence electrons. The maximum Gasteiger partial charge on any atom is 0.237 e. The summed E-state index contributed by atoms with van der Waals surface area (Å²) in [4.78, 5) is 11.4. The molecule has 1 aliphatic heterocycles. The fourth-order valence-electron chi connectivity index (χ4n) is 1.33. The molecule has 0 aromatic rings. The van der Waals surface area contributed by atoms with Gasteiger partial charge in [-0.25, -0.2) is 0 Å². The number of carbonyl (C=O) groups excluding carboxylic acids is 1. The third-order valence-corrected chi connectivity index (χ3v) is 2.18. The van der Waals surface area contributed by atoms with Crippen LogP contribution in [0.3, 0.4) is 0 Å². The summed E-state index contributed by atoms with van der Waals surface area (Å²) in [7, 11) is 0. The zero-order chi connectivity index (χ0) is 9.68. The molecule has 0 bridgehead atoms. The quantitative estimate of drug-likeness (QED) is 0.645. The van der Waals surface area contributed by atoms with Gasteiger partial charge in [0.2, 0.25) is 5.91 Å². The molecule has 1 fully saturated rings. The Morgan fingerprint density at radius 1 is 1.85 bits per heavy atom. The number of carbonyl (C=O) groups is 1. The molecule has 0 aliphatic carbocycles. The van der Waals surface area contributed by atoms with Crippen LogP contribution in [0.5, 0.6) is 0 Å². The standard InChI is InChI=1S/C9H15N3O/c1-7(5-10)6-12-9(13)8-3-2-4-11-8/h7-8,11H,2-4,6H2,1H3,(H,12,13)/t7?,8-/m0/s1. The Balaban J connectivity index is 2.21. The van der Waals surface area contributed by atoms with E-state index >= 15 is 0 Å². The predicted molar refractivity (Wildman–Crippen MR) is 48.8 cm³/mol. The first kappa shape index (κ1) is 10.0. The van der Waals surface area contributed by atoms with Crippen molar-refractivity contribution in [2.24, 2.45) is 5.92 Å². The topological polar surface area (TPSA) is 64.9 Å². The summed E-state index contributed by atoms with van der Waals surface area (Å²) in [6.45, 7) is 3.17. The second-order valence-electron chi connectivity index (χ2n) is 3.42. The van der Waals surface area contributed by atoms with Gasteiger partial charge >= 0.3 is 0 Å². The SMILES string of the molecule is CC(C#N)CNC(=O)[C@@H]1CCCN1. The van der Waals surface area contributed by atoms with Gasteiger partial charge in [-0.15, -0.1) is 0 Å². The van der Waals surface area contributed by atoms with Crippen LogP contribution in [-0.4, -0.2) is 25.0 Å². The van der Waals surface area contributed by atoms with Crippen molar-refractivity contribution in [1.29, 1.82) is 5.26 Å². The average molecular weight is 181 g/mol. The summed E-state index contributed by atoms with van der Waals surface area (Å²) >= 11 is 0. The maximum atomic E-state index is 11.4. The molecular weight excluding hydrogens is 166 g/mol. The van der Waals surface area contributed by atoms with Gasteiger partial charge in [0.25, 0.3) is 0 Å². The van der Waals surface area contributed by atoms with Gasteiger partial charge in [-0.1, -0.05) is 0 Å². The lowest BCUT2D eigenvalue weighted by molar-refractivity contribution is -0.122. The van der Waals surface area contributed by atoms with Crippen LogP contribution in [0.25, 0.3) is 0 Å². The second kappa shape index (κ2) is 4.83. The molecule has 0 saturated carbocycles. The van der Waals surface area contributed by atoms with Crippen molar-refractivity contribution in [3.8, 4) is 6.07 Å². The van der Waals surface area contributed by atoms with Crippen molar-refractivity contribution in [2.75, 3.05) is 13.1 Å². The number of nitriles is 1. The van der Waals surface area contributed by atoms with E-state index in [1.165, 1.54) is 0 Å². The van der Waals surface area contributed by atoms with Gasteiger partial charge in [0.1, 0.15) is 0 Å². The van der Waals surface area contributed by atoms with Crippen molar-refractivity contribution in [3.05, 3.63) is 0 Å². The summed E-state index contributed by atoms with van der Waals surface area (Å²) in [6.07, 6.45) is 1.97. The Hall–Kier alpha value is -1.08. The largest absolute Gasteiger partial charge is 0.353 e. The third-order valence-electron chi connectivity index (χ3n) is 2.18. The Bertz CT molecular complexity index is 215. The van der Waals surface area contributed by atoms with E-state index in [9.17, 15) is 4.79 Å². The fraction of sp³-hybridized carbons (Fsp3) is 0.778. The van der Waals surface area contributed by atoms with Crippen LogP contribution in [0.4, 0.5) is 0 Å². The first-order valence-corrected chi connectivity index (χ1v) is 4.64. The lowest BCUT2D eigenvalue weighted by Gasteiger charge is -2.11. The summed E-state index contributed by atoms with van der Waals surface area (Å²) in [5.41, 5.74) is 0. The van der Waals surface area contributed by atoms with E-state index in [1.54, 1.807) is 6.92 Å². The summed E-state index contributed by atoms with van der Waals surface area (Å²) in [6, 6.07) is 2.04. The number of hydrogen-bond acceptors (Lipinski definition) is 3. The van der Waals surface area contributed by atoms with E-state index in [-0.39, 0.29) is 17.9 Å². The van der Waals surface area contributed by atoms with Crippen molar-refractivity contribution >= 4 is 5.91 Å². The monoisotopic (exact) mass is 181 g/mol. The van der Waals surface area contributed by atoms with Gasteiger partial charge < -0.3 is 10.6 Å². The van der Waals surface area contributed by atoms with Gasteiger partial charge in [-0.05, 0) is 26.3 Å². The molecule has 1 heterocycles. The van der Waals surface area contributed by atoms with Crippen molar-refractivity contribution < 1.29 is 4.79 Å². The predicted octanol–water partition coefficient (Wildman–Crippen LogP) is 0.0143. The van der Waals surface area contributed by atoms with E-state index < -0.39 is 0 Å².